The Morgan fingerprint density at radius 2 is 1.28 bits per heavy atom. The van der Waals surface area contributed by atoms with Crippen LogP contribution >= 0.6 is 0 Å². The molecule has 2 atom stereocenters. The van der Waals surface area contributed by atoms with Crippen molar-refractivity contribution in [3.05, 3.63) is 102 Å². The number of hydrogen-bond acceptors (Lipinski definition) is 3. The van der Waals surface area contributed by atoms with E-state index < -0.39 is 17.3 Å². The van der Waals surface area contributed by atoms with Crippen molar-refractivity contribution in [1.82, 2.24) is 0 Å². The van der Waals surface area contributed by atoms with Crippen LogP contribution in [-0.2, 0) is 15.0 Å². The Hall–Kier alpha value is -3.53. The number of anilines is 1. The minimum Gasteiger partial charge on any atom is -0.295 e. The highest BCUT2D eigenvalue weighted by Crippen LogP contribution is 2.68. The van der Waals surface area contributed by atoms with E-state index in [-0.39, 0.29) is 17.6 Å². The second-order valence-electron chi connectivity index (χ2n) is 7.67. The number of imide groups is 1. The minimum absolute atomic E-state index is 0.0981. The van der Waals surface area contributed by atoms with Crippen LogP contribution in [0.3, 0.4) is 0 Å². The molecule has 1 aliphatic carbocycles. The van der Waals surface area contributed by atoms with Gasteiger partial charge in [-0.15, -0.1) is 0 Å². The third-order valence-electron chi connectivity index (χ3n) is 6.19. The van der Waals surface area contributed by atoms with Crippen molar-refractivity contribution in [1.29, 1.82) is 0 Å². The maximum absolute atomic E-state index is 13.4. The maximum atomic E-state index is 13.4. The number of benzene rings is 3. The fourth-order valence-electron chi connectivity index (χ4n) is 4.88. The summed E-state index contributed by atoms with van der Waals surface area (Å²) in [6.07, 6.45) is 0. The van der Waals surface area contributed by atoms with Crippen LogP contribution in [0.15, 0.2) is 84.9 Å². The summed E-state index contributed by atoms with van der Waals surface area (Å²) in [5.74, 6) is -1.36. The van der Waals surface area contributed by atoms with Gasteiger partial charge in [-0.1, -0.05) is 72.8 Å². The Balaban J connectivity index is 1.60. The van der Waals surface area contributed by atoms with Crippen LogP contribution in [0.25, 0.3) is 0 Å². The smallest absolute Gasteiger partial charge is 0.239 e. The zero-order chi connectivity index (χ0) is 20.2. The Morgan fingerprint density at radius 3 is 1.76 bits per heavy atom. The first-order valence-electron chi connectivity index (χ1n) is 9.66. The molecule has 2 fully saturated rings. The number of carbonyl (C=O) groups excluding carboxylic acids is 3. The molecule has 1 saturated heterocycles. The number of nitrogens with zero attached hydrogens (tertiary/aromatic N) is 1. The molecular formula is C25H19NO3. The topological polar surface area (TPSA) is 54.5 Å². The summed E-state index contributed by atoms with van der Waals surface area (Å²) in [5.41, 5.74) is 2.31. The molecule has 0 aromatic heterocycles. The van der Waals surface area contributed by atoms with E-state index in [9.17, 15) is 14.4 Å². The Bertz CT molecular complexity index is 1070. The Morgan fingerprint density at radius 1 is 0.759 bits per heavy atom. The number of amides is 2. The highest BCUT2D eigenvalue weighted by Gasteiger charge is 2.78. The second-order valence-corrected chi connectivity index (χ2v) is 7.67. The van der Waals surface area contributed by atoms with Gasteiger partial charge < -0.3 is 0 Å². The molecule has 4 heteroatoms. The van der Waals surface area contributed by atoms with Gasteiger partial charge in [-0.05, 0) is 30.2 Å². The van der Waals surface area contributed by atoms with Crippen LogP contribution in [0, 0.1) is 11.8 Å². The molecule has 5 rings (SSSR count). The standard InChI is InChI=1S/C25H19NO3/c1-16(27)17-9-8-14-20(15-17)26-23(28)21-22(24(26)29)25(21,18-10-4-2-5-11-18)19-12-6-3-7-13-19/h2-15,21-22H,1H3/t21-,22+. The highest BCUT2D eigenvalue weighted by molar-refractivity contribution is 6.27. The largest absolute Gasteiger partial charge is 0.295 e. The number of rotatable bonds is 4. The third-order valence-corrected chi connectivity index (χ3v) is 6.19. The summed E-state index contributed by atoms with van der Waals surface area (Å²) >= 11 is 0. The molecule has 0 spiro atoms. The summed E-state index contributed by atoms with van der Waals surface area (Å²) in [6.45, 7) is 1.47. The second kappa shape index (κ2) is 6.24. The zero-order valence-electron chi connectivity index (χ0n) is 15.9. The van der Waals surface area contributed by atoms with Gasteiger partial charge >= 0.3 is 0 Å². The van der Waals surface area contributed by atoms with E-state index in [1.807, 2.05) is 60.7 Å². The van der Waals surface area contributed by atoms with Crippen molar-refractivity contribution in [2.45, 2.75) is 12.3 Å². The molecule has 1 heterocycles. The van der Waals surface area contributed by atoms with Gasteiger partial charge in [0.25, 0.3) is 0 Å². The molecule has 0 bridgehead atoms. The van der Waals surface area contributed by atoms with Crippen molar-refractivity contribution in [3.63, 3.8) is 0 Å². The van der Waals surface area contributed by atoms with E-state index in [4.69, 9.17) is 0 Å². The zero-order valence-corrected chi connectivity index (χ0v) is 15.9. The molecule has 0 unspecified atom stereocenters. The van der Waals surface area contributed by atoms with E-state index in [2.05, 4.69) is 0 Å². The quantitative estimate of drug-likeness (QED) is 0.507. The predicted molar refractivity (Wildman–Crippen MR) is 110 cm³/mol. The summed E-state index contributed by atoms with van der Waals surface area (Å²) < 4.78 is 0. The lowest BCUT2D eigenvalue weighted by Gasteiger charge is -2.26. The Labute approximate surface area is 168 Å². The molecular weight excluding hydrogens is 362 g/mol. The lowest BCUT2D eigenvalue weighted by Crippen LogP contribution is -2.39. The molecule has 4 nitrogen and oxygen atoms in total. The molecule has 1 aliphatic heterocycles. The average Bonchev–Trinajstić information content (AvgIpc) is 3.39. The van der Waals surface area contributed by atoms with Gasteiger partial charge in [-0.2, -0.15) is 0 Å². The minimum atomic E-state index is -0.620. The van der Waals surface area contributed by atoms with Crippen molar-refractivity contribution >= 4 is 23.3 Å². The molecule has 142 valence electrons. The third kappa shape index (κ3) is 2.35. The average molecular weight is 381 g/mol. The maximum Gasteiger partial charge on any atom is 0.239 e. The van der Waals surface area contributed by atoms with E-state index in [1.54, 1.807) is 24.3 Å². The summed E-state index contributed by atoms with van der Waals surface area (Å²) in [5, 5.41) is 0. The first-order chi connectivity index (χ1) is 14.1. The fourth-order valence-corrected chi connectivity index (χ4v) is 4.88. The monoisotopic (exact) mass is 381 g/mol. The highest BCUT2D eigenvalue weighted by atomic mass is 16.2. The van der Waals surface area contributed by atoms with Crippen LogP contribution in [-0.4, -0.2) is 17.6 Å². The van der Waals surface area contributed by atoms with E-state index in [1.165, 1.54) is 11.8 Å². The number of piperidine rings is 1. The number of hydrogen-bond donors (Lipinski definition) is 0. The van der Waals surface area contributed by atoms with E-state index >= 15 is 0 Å². The van der Waals surface area contributed by atoms with Gasteiger partial charge in [0.2, 0.25) is 11.8 Å². The number of fused-ring (bicyclic) bond motifs is 1. The van der Waals surface area contributed by atoms with E-state index in [0.29, 0.717) is 11.3 Å². The van der Waals surface area contributed by atoms with Crippen LogP contribution in [0.2, 0.25) is 0 Å². The summed E-state index contributed by atoms with van der Waals surface area (Å²) in [4.78, 5) is 39.8. The molecule has 0 radical (unpaired) electrons. The summed E-state index contributed by atoms with van der Waals surface area (Å²) in [6, 6.07) is 26.3. The first-order valence-corrected chi connectivity index (χ1v) is 9.66. The lowest BCUT2D eigenvalue weighted by molar-refractivity contribution is -0.124. The van der Waals surface area contributed by atoms with E-state index in [0.717, 1.165) is 11.1 Å². The van der Waals surface area contributed by atoms with Gasteiger partial charge in [0.1, 0.15) is 0 Å². The lowest BCUT2D eigenvalue weighted by atomic mass is 9.83. The molecule has 0 N–H and O–H groups in total. The Kier molecular flexibility index (Phi) is 3.78. The molecule has 3 aromatic rings. The van der Waals surface area contributed by atoms with Crippen molar-refractivity contribution in [2.75, 3.05) is 4.90 Å². The first kappa shape index (κ1) is 17.6. The van der Waals surface area contributed by atoms with Crippen LogP contribution in [0.1, 0.15) is 28.4 Å². The van der Waals surface area contributed by atoms with Crippen LogP contribution in [0.4, 0.5) is 5.69 Å². The van der Waals surface area contributed by atoms with Crippen LogP contribution < -0.4 is 4.90 Å². The predicted octanol–water partition coefficient (Wildman–Crippen LogP) is 3.99. The fraction of sp³-hybridized carbons (Fsp3) is 0.160. The number of Topliss-reactive ketones (excluding diaryl/α,β-unsaturated/α-hetero) is 1. The van der Waals surface area contributed by atoms with Gasteiger partial charge in [0, 0.05) is 11.0 Å². The molecule has 2 aliphatic rings. The van der Waals surface area contributed by atoms with Gasteiger partial charge in [-0.3, -0.25) is 14.4 Å². The molecule has 1 saturated carbocycles. The summed E-state index contributed by atoms with van der Waals surface area (Å²) in [7, 11) is 0. The van der Waals surface area contributed by atoms with Crippen molar-refractivity contribution in [3.8, 4) is 0 Å². The van der Waals surface area contributed by atoms with Crippen molar-refractivity contribution in [2.24, 2.45) is 11.8 Å². The molecule has 29 heavy (non-hydrogen) atoms. The number of ketones is 1. The molecule has 3 aromatic carbocycles. The number of carbonyl (C=O) groups is 3. The van der Waals surface area contributed by atoms with Gasteiger partial charge in [0.05, 0.1) is 17.5 Å². The van der Waals surface area contributed by atoms with Gasteiger partial charge in [0.15, 0.2) is 5.78 Å². The SMILES string of the molecule is CC(=O)c1cccc(N2C(=O)[C@@H]3[C@H](C2=O)C3(c2ccccc2)c2ccccc2)c1. The van der Waals surface area contributed by atoms with Crippen LogP contribution in [0.5, 0.6) is 0 Å². The van der Waals surface area contributed by atoms with Crippen molar-refractivity contribution < 1.29 is 14.4 Å². The normalized spacial score (nSPS) is 21.8. The van der Waals surface area contributed by atoms with Gasteiger partial charge in [-0.25, -0.2) is 4.90 Å². The molecule has 2 amide bonds.